The lowest BCUT2D eigenvalue weighted by atomic mass is 9.97. The second-order valence-corrected chi connectivity index (χ2v) is 13.4. The summed E-state index contributed by atoms with van der Waals surface area (Å²) in [4.78, 5) is 4.73. The Bertz CT molecular complexity index is 1730. The molecule has 0 bridgehead atoms. The van der Waals surface area contributed by atoms with Crippen LogP contribution in [0.1, 0.15) is 65.0 Å². The van der Waals surface area contributed by atoms with Gasteiger partial charge in [-0.2, -0.15) is 0 Å². The van der Waals surface area contributed by atoms with Gasteiger partial charge in [-0.15, -0.1) is 0 Å². The molecule has 52 heavy (non-hydrogen) atoms. The van der Waals surface area contributed by atoms with Gasteiger partial charge in [0.05, 0.1) is 27.4 Å². The molecule has 2 aromatic carbocycles. The van der Waals surface area contributed by atoms with Gasteiger partial charge in [0.2, 0.25) is 0 Å². The number of dihydropyridines is 1. The highest BCUT2D eigenvalue weighted by molar-refractivity contribution is 5.71. The number of anilines is 1. The Morgan fingerprint density at radius 1 is 1.00 bits per heavy atom. The van der Waals surface area contributed by atoms with E-state index in [1.165, 1.54) is 17.7 Å². The maximum Gasteiger partial charge on any atom is 0.163 e. The second-order valence-electron chi connectivity index (χ2n) is 13.4. The van der Waals surface area contributed by atoms with E-state index in [0.29, 0.717) is 18.0 Å². The molecule has 6 nitrogen and oxygen atoms in total. The van der Waals surface area contributed by atoms with Crippen molar-refractivity contribution < 1.29 is 23.0 Å². The summed E-state index contributed by atoms with van der Waals surface area (Å²) in [6.07, 6.45) is 22.6. The Balaban J connectivity index is 1.49. The van der Waals surface area contributed by atoms with Crippen LogP contribution in [0.15, 0.2) is 108 Å². The number of nitrogens with one attached hydrogen (secondary N) is 1. The van der Waals surface area contributed by atoms with Crippen molar-refractivity contribution in [2.24, 2.45) is 0 Å². The van der Waals surface area contributed by atoms with Crippen molar-refractivity contribution in [1.82, 2.24) is 10.2 Å². The molecule has 2 aliphatic heterocycles. The molecule has 1 N–H and O–H groups in total. The van der Waals surface area contributed by atoms with Crippen molar-refractivity contribution in [3.05, 3.63) is 130 Å². The van der Waals surface area contributed by atoms with Gasteiger partial charge in [-0.1, -0.05) is 49.8 Å². The van der Waals surface area contributed by atoms with Crippen molar-refractivity contribution >= 4 is 11.3 Å². The number of benzene rings is 2. The molecule has 2 aliphatic rings. The number of piperidine rings is 1. The van der Waals surface area contributed by atoms with Gasteiger partial charge in [-0.3, -0.25) is 4.90 Å². The average molecular weight is 714 g/mol. The predicted octanol–water partition coefficient (Wildman–Crippen LogP) is 9.72. The summed E-state index contributed by atoms with van der Waals surface area (Å²) in [6.45, 7) is 13.5. The molecule has 2 aromatic rings. The maximum absolute atomic E-state index is 14.6. The summed E-state index contributed by atoms with van der Waals surface area (Å²) in [5, 5.41) is 3.41. The number of hydrogen-bond acceptors (Lipinski definition) is 6. The molecule has 1 saturated heterocycles. The molecule has 1 fully saturated rings. The second kappa shape index (κ2) is 19.9. The van der Waals surface area contributed by atoms with Crippen molar-refractivity contribution in [3.63, 3.8) is 0 Å². The lowest BCUT2D eigenvalue weighted by Gasteiger charge is -2.40. The topological polar surface area (TPSA) is 46.2 Å². The Labute approximate surface area is 310 Å². The number of nitrogens with zero attached hydrogens (tertiary/aromatic N) is 2. The molecule has 4 rings (SSSR count). The predicted molar refractivity (Wildman–Crippen MR) is 212 cm³/mol. The zero-order valence-electron chi connectivity index (χ0n) is 32.3. The van der Waals surface area contributed by atoms with Gasteiger partial charge in [0.1, 0.15) is 5.76 Å². The summed E-state index contributed by atoms with van der Waals surface area (Å²) in [6, 6.07) is 8.74. The summed E-state index contributed by atoms with van der Waals surface area (Å²) in [5.74, 6) is 0.688. The van der Waals surface area contributed by atoms with Crippen LogP contribution in [0.3, 0.4) is 0 Å². The van der Waals surface area contributed by atoms with Gasteiger partial charge < -0.3 is 24.4 Å². The molecule has 0 spiro atoms. The van der Waals surface area contributed by atoms with Crippen molar-refractivity contribution in [2.75, 3.05) is 52.4 Å². The van der Waals surface area contributed by atoms with Gasteiger partial charge in [-0.25, -0.2) is 8.78 Å². The first-order valence-electron chi connectivity index (χ1n) is 18.4. The molecule has 0 amide bonds. The van der Waals surface area contributed by atoms with E-state index in [1.807, 2.05) is 39.1 Å². The molecular weight excluding hydrogens is 656 g/mol. The minimum atomic E-state index is -0.836. The molecule has 1 atom stereocenters. The van der Waals surface area contributed by atoms with Gasteiger partial charge in [0.15, 0.2) is 23.1 Å². The summed E-state index contributed by atoms with van der Waals surface area (Å²) in [7, 11) is 5.03. The van der Waals surface area contributed by atoms with E-state index >= 15 is 0 Å². The third-order valence-corrected chi connectivity index (χ3v) is 9.81. The molecule has 0 saturated carbocycles. The molecular formula is C44H57F2N3O3. The molecule has 1 unspecified atom stereocenters. The quantitative estimate of drug-likeness (QED) is 0.138. The van der Waals surface area contributed by atoms with Crippen molar-refractivity contribution in [1.29, 1.82) is 0 Å². The number of methoxy groups -OCH3 is 3. The SMILES string of the molecule is C/C=C(\C=C(/C)c1cc(CCC)c(OC)c(OC)c1)CN(c1ccc(F)c(F)c1)C1CCN(CC2=CC(/C=C/C=C(C)\C(=C/C)OC)NC=C2)CC1. The first kappa shape index (κ1) is 40.2. The highest BCUT2D eigenvalue weighted by Crippen LogP contribution is 2.36. The van der Waals surface area contributed by atoms with Gasteiger partial charge in [0.25, 0.3) is 0 Å². The van der Waals surface area contributed by atoms with Crippen LogP contribution >= 0.6 is 0 Å². The highest BCUT2D eigenvalue weighted by atomic mass is 19.2. The van der Waals surface area contributed by atoms with E-state index in [-0.39, 0.29) is 12.1 Å². The molecule has 2 heterocycles. The third-order valence-electron chi connectivity index (χ3n) is 9.81. The average Bonchev–Trinajstić information content (AvgIpc) is 3.15. The number of hydrogen-bond donors (Lipinski definition) is 1. The Hall–Kier alpha value is -4.56. The standard InChI is InChI=1S/C44H57F2N3O3/c1-9-13-35-26-36(27-43(51-7)44(35)52-8)32(5)24-33(10-2)30-49(39-16-17-40(45)41(46)28-39)38-19-22-48(23-20-38)29-34-18-21-47-37(25-34)15-12-14-31(4)42(11-3)50-6/h10-12,14-18,21,24-28,37-38,47H,9,13,19-20,22-23,29-30H2,1-8H3/b15-12+,31-14-,32-24+,33-10+,42-11+. The van der Waals surface area contributed by atoms with Crippen LogP contribution in [0.4, 0.5) is 14.5 Å². The Morgan fingerprint density at radius 3 is 2.40 bits per heavy atom. The van der Waals surface area contributed by atoms with Crippen molar-refractivity contribution in [2.45, 2.75) is 72.4 Å². The molecule has 280 valence electrons. The third kappa shape index (κ3) is 10.7. The monoisotopic (exact) mass is 713 g/mol. The zero-order valence-corrected chi connectivity index (χ0v) is 32.3. The smallest absolute Gasteiger partial charge is 0.163 e. The fourth-order valence-electron chi connectivity index (χ4n) is 6.97. The van der Waals surface area contributed by atoms with E-state index in [4.69, 9.17) is 14.2 Å². The highest BCUT2D eigenvalue weighted by Gasteiger charge is 2.27. The van der Waals surface area contributed by atoms with E-state index in [2.05, 4.69) is 77.6 Å². The molecule has 0 aromatic heterocycles. The van der Waals surface area contributed by atoms with Gasteiger partial charge >= 0.3 is 0 Å². The van der Waals surface area contributed by atoms with Crippen LogP contribution in [-0.4, -0.2) is 64.5 Å². The fourth-order valence-corrected chi connectivity index (χ4v) is 6.97. The number of likely N-dealkylation sites (tertiary alicyclic amines) is 1. The Morgan fingerprint density at radius 2 is 1.77 bits per heavy atom. The number of halogens is 2. The van der Waals surface area contributed by atoms with E-state index in [1.54, 1.807) is 27.4 Å². The van der Waals surface area contributed by atoms with Crippen LogP contribution < -0.4 is 19.7 Å². The van der Waals surface area contributed by atoms with Crippen LogP contribution in [0.5, 0.6) is 11.5 Å². The van der Waals surface area contributed by atoms with Crippen molar-refractivity contribution in [3.8, 4) is 11.5 Å². The molecule has 0 radical (unpaired) electrons. The number of allylic oxidation sites excluding steroid dienone is 6. The zero-order chi connectivity index (χ0) is 37.6. The van der Waals surface area contributed by atoms with Gasteiger partial charge in [-0.05, 0) is 123 Å². The summed E-state index contributed by atoms with van der Waals surface area (Å²) in [5.41, 5.74) is 7.39. The number of ether oxygens (including phenoxy) is 3. The number of aryl methyl sites for hydroxylation is 1. The summed E-state index contributed by atoms with van der Waals surface area (Å²) < 4.78 is 45.5. The first-order valence-corrected chi connectivity index (χ1v) is 18.4. The largest absolute Gasteiger partial charge is 0.497 e. The van der Waals surface area contributed by atoms with E-state index in [0.717, 1.165) is 84.7 Å². The lowest BCUT2D eigenvalue weighted by Crippen LogP contribution is -2.46. The van der Waals surface area contributed by atoms with E-state index in [9.17, 15) is 8.78 Å². The van der Waals surface area contributed by atoms with Crippen LogP contribution in [0.25, 0.3) is 5.57 Å². The fraction of sp³-hybridized carbons (Fsp3) is 0.409. The minimum absolute atomic E-state index is 0.107. The maximum atomic E-state index is 14.6. The summed E-state index contributed by atoms with van der Waals surface area (Å²) >= 11 is 0. The molecule has 0 aliphatic carbocycles. The number of rotatable bonds is 16. The first-order chi connectivity index (χ1) is 25.1. The van der Waals surface area contributed by atoms with Crippen LogP contribution in [0, 0.1) is 11.6 Å². The molecule has 8 heteroatoms. The minimum Gasteiger partial charge on any atom is -0.497 e. The Kier molecular flexibility index (Phi) is 15.4. The van der Waals surface area contributed by atoms with Gasteiger partial charge in [0, 0.05) is 44.0 Å². The van der Waals surface area contributed by atoms with E-state index < -0.39 is 11.6 Å². The normalized spacial score (nSPS) is 18.0. The van der Waals surface area contributed by atoms with Crippen LogP contribution in [-0.2, 0) is 11.2 Å². The van der Waals surface area contributed by atoms with Crippen LogP contribution in [0.2, 0.25) is 0 Å². The lowest BCUT2D eigenvalue weighted by molar-refractivity contribution is 0.226.